The number of carbonyl (C=O) groups excluding carboxylic acids is 1. The van der Waals surface area contributed by atoms with Crippen LogP contribution in [-0.4, -0.2) is 26.3 Å². The summed E-state index contributed by atoms with van der Waals surface area (Å²) in [6, 6.07) is 7.29. The van der Waals surface area contributed by atoms with Crippen molar-refractivity contribution in [2.24, 2.45) is 0 Å². The average molecular weight is 380 g/mol. The van der Waals surface area contributed by atoms with Crippen LogP contribution in [0.5, 0.6) is 23.0 Å². The molecule has 0 saturated carbocycles. The molecule has 136 valence electrons. The SMILES string of the molecule is CC(=O)NOC1(O)C=C(c2ccc(Cl)cc2)Oc2c1cc(O)c(O)c2O. The summed E-state index contributed by atoms with van der Waals surface area (Å²) in [5.74, 6) is -5.52. The lowest BCUT2D eigenvalue weighted by Crippen LogP contribution is -2.38. The number of aromatic hydroxyl groups is 3. The number of amides is 1. The number of hydroxylamine groups is 1. The highest BCUT2D eigenvalue weighted by atomic mass is 35.5. The zero-order valence-corrected chi connectivity index (χ0v) is 14.1. The molecule has 0 bridgehead atoms. The van der Waals surface area contributed by atoms with Gasteiger partial charge in [-0.25, -0.2) is 10.3 Å². The third-order valence-electron chi connectivity index (χ3n) is 3.61. The third kappa shape index (κ3) is 3.13. The molecule has 0 fully saturated rings. The number of benzene rings is 2. The number of ether oxygens (including phenoxy) is 1. The van der Waals surface area contributed by atoms with Gasteiger partial charge in [0.2, 0.25) is 23.2 Å². The van der Waals surface area contributed by atoms with E-state index in [2.05, 4.69) is 0 Å². The maximum atomic E-state index is 11.2. The number of fused-ring (bicyclic) bond motifs is 1. The van der Waals surface area contributed by atoms with Crippen molar-refractivity contribution >= 4 is 23.3 Å². The minimum atomic E-state index is -2.29. The average Bonchev–Trinajstić information content (AvgIpc) is 2.60. The smallest absolute Gasteiger partial charge is 0.244 e. The lowest BCUT2D eigenvalue weighted by Gasteiger charge is -2.32. The monoisotopic (exact) mass is 379 g/mol. The van der Waals surface area contributed by atoms with Crippen molar-refractivity contribution in [1.82, 2.24) is 5.48 Å². The Morgan fingerprint density at radius 1 is 1.19 bits per heavy atom. The van der Waals surface area contributed by atoms with E-state index < -0.39 is 28.9 Å². The molecule has 0 aliphatic carbocycles. The number of halogens is 1. The van der Waals surface area contributed by atoms with E-state index >= 15 is 0 Å². The van der Waals surface area contributed by atoms with Gasteiger partial charge in [0.05, 0.1) is 5.56 Å². The van der Waals surface area contributed by atoms with E-state index in [4.69, 9.17) is 21.2 Å². The second-order valence-electron chi connectivity index (χ2n) is 5.54. The maximum absolute atomic E-state index is 11.2. The van der Waals surface area contributed by atoms with Crippen molar-refractivity contribution < 1.29 is 34.8 Å². The Labute approximate surface area is 152 Å². The van der Waals surface area contributed by atoms with Gasteiger partial charge in [0.25, 0.3) is 0 Å². The second-order valence-corrected chi connectivity index (χ2v) is 5.98. The summed E-state index contributed by atoms with van der Waals surface area (Å²) in [5, 5.41) is 40.9. The van der Waals surface area contributed by atoms with Crippen molar-refractivity contribution in [1.29, 1.82) is 0 Å². The summed E-state index contributed by atoms with van der Waals surface area (Å²) in [6.07, 6.45) is 1.13. The Bertz CT molecular complexity index is 910. The van der Waals surface area contributed by atoms with Crippen molar-refractivity contribution in [3.63, 3.8) is 0 Å². The van der Waals surface area contributed by atoms with Gasteiger partial charge in [0.15, 0.2) is 11.5 Å². The molecule has 2 aromatic carbocycles. The van der Waals surface area contributed by atoms with Crippen molar-refractivity contribution in [2.75, 3.05) is 0 Å². The van der Waals surface area contributed by atoms with Crippen LogP contribution in [0.4, 0.5) is 0 Å². The number of rotatable bonds is 3. The molecule has 3 rings (SSSR count). The molecule has 5 N–H and O–H groups in total. The van der Waals surface area contributed by atoms with Gasteiger partial charge in [-0.3, -0.25) is 4.79 Å². The minimum absolute atomic E-state index is 0.0578. The van der Waals surface area contributed by atoms with E-state index in [1.165, 1.54) is 6.92 Å². The highest BCUT2D eigenvalue weighted by Gasteiger charge is 2.41. The lowest BCUT2D eigenvalue weighted by molar-refractivity contribution is -0.217. The van der Waals surface area contributed by atoms with Crippen molar-refractivity contribution in [2.45, 2.75) is 12.7 Å². The van der Waals surface area contributed by atoms with Gasteiger partial charge in [0, 0.05) is 23.6 Å². The lowest BCUT2D eigenvalue weighted by atomic mass is 9.98. The Morgan fingerprint density at radius 2 is 1.85 bits per heavy atom. The van der Waals surface area contributed by atoms with Crippen LogP contribution in [0.15, 0.2) is 36.4 Å². The van der Waals surface area contributed by atoms with Crippen LogP contribution in [0.1, 0.15) is 18.1 Å². The number of hydrogen-bond acceptors (Lipinski definition) is 7. The van der Waals surface area contributed by atoms with Crippen LogP contribution >= 0.6 is 11.6 Å². The fourth-order valence-electron chi connectivity index (χ4n) is 2.38. The number of carbonyl (C=O) groups is 1. The summed E-state index contributed by atoms with van der Waals surface area (Å²) < 4.78 is 5.57. The Kier molecular flexibility index (Phi) is 4.41. The minimum Gasteiger partial charge on any atom is -0.504 e. The van der Waals surface area contributed by atoms with Crippen LogP contribution in [0, 0.1) is 0 Å². The van der Waals surface area contributed by atoms with Crippen LogP contribution in [-0.2, 0) is 15.4 Å². The molecule has 1 amide bonds. The van der Waals surface area contributed by atoms with Gasteiger partial charge in [-0.1, -0.05) is 11.6 Å². The van der Waals surface area contributed by atoms with Crippen LogP contribution in [0.25, 0.3) is 5.76 Å². The molecule has 8 nitrogen and oxygen atoms in total. The summed E-state index contributed by atoms with van der Waals surface area (Å²) in [4.78, 5) is 16.2. The van der Waals surface area contributed by atoms with Gasteiger partial charge < -0.3 is 25.2 Å². The predicted molar refractivity (Wildman–Crippen MR) is 90.3 cm³/mol. The fourth-order valence-corrected chi connectivity index (χ4v) is 2.51. The topological polar surface area (TPSA) is 128 Å². The highest BCUT2D eigenvalue weighted by molar-refractivity contribution is 6.30. The van der Waals surface area contributed by atoms with Gasteiger partial charge >= 0.3 is 0 Å². The fraction of sp³-hybridized carbons (Fsp3) is 0.118. The van der Waals surface area contributed by atoms with Crippen LogP contribution < -0.4 is 10.2 Å². The molecule has 26 heavy (non-hydrogen) atoms. The maximum Gasteiger partial charge on any atom is 0.244 e. The van der Waals surface area contributed by atoms with E-state index in [1.54, 1.807) is 24.3 Å². The van der Waals surface area contributed by atoms with Gasteiger partial charge in [-0.15, -0.1) is 0 Å². The number of phenolic OH excluding ortho intramolecular Hbond substituents is 3. The quantitative estimate of drug-likeness (QED) is 0.314. The third-order valence-corrected chi connectivity index (χ3v) is 3.86. The van der Waals surface area contributed by atoms with E-state index in [-0.39, 0.29) is 17.1 Å². The summed E-state index contributed by atoms with van der Waals surface area (Å²) in [5.41, 5.74) is 2.24. The van der Waals surface area contributed by atoms with E-state index in [9.17, 15) is 25.2 Å². The standard InChI is InChI=1S/C17H14ClNO7/c1-8(20)19-26-17(24)7-13(9-2-4-10(18)5-3-9)25-16-11(17)6-12(21)14(22)15(16)23/h2-7,21-24H,1H3,(H,19,20). The first kappa shape index (κ1) is 17.9. The van der Waals surface area contributed by atoms with Crippen molar-refractivity contribution in [3.8, 4) is 23.0 Å². The largest absolute Gasteiger partial charge is 0.504 e. The van der Waals surface area contributed by atoms with Gasteiger partial charge in [-0.2, -0.15) is 0 Å². The molecule has 2 aromatic rings. The predicted octanol–water partition coefficient (Wildman–Crippen LogP) is 2.10. The first-order chi connectivity index (χ1) is 12.2. The number of aliphatic hydroxyl groups is 1. The highest BCUT2D eigenvalue weighted by Crippen LogP contribution is 2.52. The molecular formula is C17H14ClNO7. The summed E-state index contributed by atoms with van der Waals surface area (Å²) >= 11 is 5.85. The Balaban J connectivity index is 2.16. The molecule has 1 aliphatic heterocycles. The Morgan fingerprint density at radius 3 is 2.46 bits per heavy atom. The molecule has 1 atom stereocenters. The molecule has 0 aromatic heterocycles. The van der Waals surface area contributed by atoms with E-state index in [0.717, 1.165) is 12.1 Å². The second kappa shape index (κ2) is 6.41. The first-order valence-corrected chi connectivity index (χ1v) is 7.71. The zero-order chi connectivity index (χ0) is 19.1. The summed E-state index contributed by atoms with van der Waals surface area (Å²) in [7, 11) is 0. The molecule has 9 heteroatoms. The van der Waals surface area contributed by atoms with Gasteiger partial charge in [0.1, 0.15) is 5.76 Å². The molecule has 0 radical (unpaired) electrons. The number of nitrogens with one attached hydrogen (secondary N) is 1. The molecule has 1 unspecified atom stereocenters. The van der Waals surface area contributed by atoms with Crippen molar-refractivity contribution in [3.05, 3.63) is 52.6 Å². The van der Waals surface area contributed by atoms with E-state index in [0.29, 0.717) is 10.6 Å². The molecule has 1 heterocycles. The van der Waals surface area contributed by atoms with E-state index in [1.807, 2.05) is 5.48 Å². The molecular weight excluding hydrogens is 366 g/mol. The normalized spacial score (nSPS) is 18.5. The van der Waals surface area contributed by atoms with Gasteiger partial charge in [-0.05, 0) is 30.3 Å². The van der Waals surface area contributed by atoms with Crippen LogP contribution in [0.2, 0.25) is 5.02 Å². The number of hydrogen-bond donors (Lipinski definition) is 5. The zero-order valence-electron chi connectivity index (χ0n) is 13.4. The first-order valence-electron chi connectivity index (χ1n) is 7.33. The summed E-state index contributed by atoms with van der Waals surface area (Å²) in [6.45, 7) is 1.17. The Hall–Kier alpha value is -2.94. The van der Waals surface area contributed by atoms with Crippen LogP contribution in [0.3, 0.4) is 0 Å². The molecule has 0 spiro atoms. The molecule has 0 saturated heterocycles. The molecule has 1 aliphatic rings. The number of phenols is 3.